The normalized spacial score (nSPS) is 14.6. The first kappa shape index (κ1) is 17.0. The van der Waals surface area contributed by atoms with Crippen molar-refractivity contribution in [2.24, 2.45) is 0 Å². The highest BCUT2D eigenvalue weighted by atomic mass is 16.5. The van der Waals surface area contributed by atoms with Crippen molar-refractivity contribution in [3.63, 3.8) is 0 Å². The Morgan fingerprint density at radius 3 is 2.68 bits per heavy atom. The lowest BCUT2D eigenvalue weighted by Gasteiger charge is -2.22. The molecule has 1 aliphatic heterocycles. The first-order valence-electron chi connectivity index (χ1n) is 8.27. The van der Waals surface area contributed by atoms with Gasteiger partial charge < -0.3 is 10.1 Å². The van der Waals surface area contributed by atoms with Crippen LogP contribution in [-0.2, 0) is 4.79 Å². The van der Waals surface area contributed by atoms with Gasteiger partial charge in [0.25, 0.3) is 5.56 Å². The number of rotatable bonds is 4. The molecule has 2 heterocycles. The third-order valence-electron chi connectivity index (χ3n) is 4.15. The van der Waals surface area contributed by atoms with Gasteiger partial charge in [0.1, 0.15) is 5.75 Å². The Balaban J connectivity index is 2.16. The number of hydrogen-bond donors (Lipinski definition) is 1. The fraction of sp³-hybridized carbons (Fsp3) is 0.316. The molecular formula is C19H21N3O3. The maximum Gasteiger partial charge on any atom is 0.267 e. The van der Waals surface area contributed by atoms with Crippen LogP contribution in [0.1, 0.15) is 44.0 Å². The van der Waals surface area contributed by atoms with Crippen LogP contribution in [0.4, 0.5) is 0 Å². The Hall–Kier alpha value is -2.89. The number of hydrogen-bond acceptors (Lipinski definition) is 4. The van der Waals surface area contributed by atoms with Gasteiger partial charge in [-0.05, 0) is 38.5 Å². The first-order valence-corrected chi connectivity index (χ1v) is 8.27. The second-order valence-corrected chi connectivity index (χ2v) is 6.23. The van der Waals surface area contributed by atoms with Crippen LogP contribution in [0.2, 0.25) is 0 Å². The van der Waals surface area contributed by atoms with Gasteiger partial charge in [-0.25, -0.2) is 4.68 Å². The van der Waals surface area contributed by atoms with E-state index in [0.717, 1.165) is 16.8 Å². The lowest BCUT2D eigenvalue weighted by molar-refractivity contribution is -0.120. The van der Waals surface area contributed by atoms with Crippen molar-refractivity contribution in [3.8, 4) is 5.75 Å². The van der Waals surface area contributed by atoms with Gasteiger partial charge in [-0.1, -0.05) is 12.1 Å². The summed E-state index contributed by atoms with van der Waals surface area (Å²) in [6.45, 7) is 3.83. The van der Waals surface area contributed by atoms with Crippen LogP contribution in [-0.4, -0.2) is 22.8 Å². The van der Waals surface area contributed by atoms with Gasteiger partial charge in [0, 0.05) is 23.6 Å². The van der Waals surface area contributed by atoms with E-state index in [1.54, 1.807) is 13.2 Å². The summed E-state index contributed by atoms with van der Waals surface area (Å²) in [6.07, 6.45) is 0.965. The van der Waals surface area contributed by atoms with Crippen molar-refractivity contribution < 1.29 is 9.53 Å². The Morgan fingerprint density at radius 1 is 1.16 bits per heavy atom. The molecule has 25 heavy (non-hydrogen) atoms. The highest BCUT2D eigenvalue weighted by Gasteiger charge is 2.22. The quantitative estimate of drug-likeness (QED) is 0.929. The van der Waals surface area contributed by atoms with Crippen LogP contribution in [0.5, 0.6) is 5.75 Å². The minimum absolute atomic E-state index is 0.0289. The Kier molecular flexibility index (Phi) is 4.70. The van der Waals surface area contributed by atoms with Crippen molar-refractivity contribution in [1.29, 1.82) is 0 Å². The molecule has 0 saturated heterocycles. The van der Waals surface area contributed by atoms with Gasteiger partial charge in [0.15, 0.2) is 0 Å². The molecule has 0 spiro atoms. The topological polar surface area (TPSA) is 73.2 Å². The van der Waals surface area contributed by atoms with E-state index in [1.807, 2.05) is 38.1 Å². The second-order valence-electron chi connectivity index (χ2n) is 6.23. The second kappa shape index (κ2) is 6.93. The van der Waals surface area contributed by atoms with E-state index in [-0.39, 0.29) is 17.5 Å². The smallest absolute Gasteiger partial charge is 0.267 e. The lowest BCUT2D eigenvalue weighted by atomic mass is 9.95. The minimum Gasteiger partial charge on any atom is -0.497 e. The van der Waals surface area contributed by atoms with Crippen molar-refractivity contribution in [1.82, 2.24) is 15.1 Å². The van der Waals surface area contributed by atoms with E-state index < -0.39 is 0 Å². The molecular weight excluding hydrogens is 318 g/mol. The molecule has 0 fully saturated rings. The zero-order chi connectivity index (χ0) is 18.0. The third kappa shape index (κ3) is 3.47. The summed E-state index contributed by atoms with van der Waals surface area (Å²) in [6, 6.07) is 10.7. The van der Waals surface area contributed by atoms with Crippen LogP contribution in [0.25, 0.3) is 11.3 Å². The molecule has 1 aromatic carbocycles. The Morgan fingerprint density at radius 2 is 1.96 bits per heavy atom. The number of allylic oxidation sites excluding steroid dienone is 1. The standard InChI is InChI=1S/C19H21N3O3/c1-12(2)22-18(24)10-8-16(21-22)15-7-9-17(23)20-19(15)13-5-4-6-14(11-13)25-3/h4-6,8,10-12H,7,9H2,1-3H3,(H,20,23). The zero-order valence-corrected chi connectivity index (χ0v) is 14.6. The monoisotopic (exact) mass is 339 g/mol. The number of methoxy groups -OCH3 is 1. The Bertz CT molecular complexity index is 897. The largest absolute Gasteiger partial charge is 0.497 e. The highest BCUT2D eigenvalue weighted by Crippen LogP contribution is 2.31. The molecule has 1 aromatic heterocycles. The van der Waals surface area contributed by atoms with Crippen molar-refractivity contribution in [2.45, 2.75) is 32.7 Å². The number of carbonyl (C=O) groups is 1. The van der Waals surface area contributed by atoms with Gasteiger partial charge in [0.2, 0.25) is 5.91 Å². The van der Waals surface area contributed by atoms with Crippen LogP contribution < -0.4 is 15.6 Å². The molecule has 0 unspecified atom stereocenters. The van der Waals surface area contributed by atoms with E-state index in [4.69, 9.17) is 4.74 Å². The van der Waals surface area contributed by atoms with E-state index in [0.29, 0.717) is 24.3 Å². The van der Waals surface area contributed by atoms with Crippen LogP contribution >= 0.6 is 0 Å². The summed E-state index contributed by atoms with van der Waals surface area (Å²) in [4.78, 5) is 23.9. The van der Waals surface area contributed by atoms with Crippen LogP contribution in [0, 0.1) is 0 Å². The average Bonchev–Trinajstić information content (AvgIpc) is 2.62. The van der Waals surface area contributed by atoms with Crippen molar-refractivity contribution >= 4 is 17.2 Å². The number of benzene rings is 1. The van der Waals surface area contributed by atoms with Crippen LogP contribution in [0.15, 0.2) is 41.2 Å². The minimum atomic E-state index is -0.137. The van der Waals surface area contributed by atoms with E-state index in [2.05, 4.69) is 10.4 Å². The van der Waals surface area contributed by atoms with Crippen LogP contribution in [0.3, 0.4) is 0 Å². The third-order valence-corrected chi connectivity index (χ3v) is 4.15. The molecule has 2 aromatic rings. The predicted molar refractivity (Wildman–Crippen MR) is 96.1 cm³/mol. The van der Waals surface area contributed by atoms with E-state index in [9.17, 15) is 9.59 Å². The number of aromatic nitrogens is 2. The summed E-state index contributed by atoms with van der Waals surface area (Å²) in [5.74, 6) is 0.683. The molecule has 1 aliphatic rings. The summed E-state index contributed by atoms with van der Waals surface area (Å²) >= 11 is 0. The van der Waals surface area contributed by atoms with Gasteiger partial charge in [-0.15, -0.1) is 0 Å². The molecule has 6 nitrogen and oxygen atoms in total. The van der Waals surface area contributed by atoms with Gasteiger partial charge in [-0.2, -0.15) is 5.10 Å². The zero-order valence-electron chi connectivity index (χ0n) is 14.6. The predicted octanol–water partition coefficient (Wildman–Crippen LogP) is 2.61. The maximum atomic E-state index is 12.0. The number of carbonyl (C=O) groups excluding carboxylic acids is 1. The maximum absolute atomic E-state index is 12.0. The molecule has 3 rings (SSSR count). The molecule has 0 aliphatic carbocycles. The summed E-state index contributed by atoms with van der Waals surface area (Å²) in [7, 11) is 1.61. The SMILES string of the molecule is COc1cccc(C2=C(c3ccc(=O)n(C(C)C)n3)CCC(=O)N2)c1. The average molecular weight is 339 g/mol. The van der Waals surface area contributed by atoms with Gasteiger partial charge in [-0.3, -0.25) is 9.59 Å². The highest BCUT2D eigenvalue weighted by molar-refractivity contribution is 6.00. The summed E-state index contributed by atoms with van der Waals surface area (Å²) in [5, 5.41) is 7.46. The van der Waals surface area contributed by atoms with E-state index >= 15 is 0 Å². The lowest BCUT2D eigenvalue weighted by Crippen LogP contribution is -2.29. The molecule has 0 saturated carbocycles. The number of nitrogens with zero attached hydrogens (tertiary/aromatic N) is 2. The summed E-state index contributed by atoms with van der Waals surface area (Å²) < 4.78 is 6.74. The van der Waals surface area contributed by atoms with Crippen molar-refractivity contribution in [2.75, 3.05) is 7.11 Å². The molecule has 6 heteroatoms. The molecule has 0 radical (unpaired) electrons. The van der Waals surface area contributed by atoms with Crippen molar-refractivity contribution in [3.05, 3.63) is 58.0 Å². The van der Waals surface area contributed by atoms with Gasteiger partial charge >= 0.3 is 0 Å². The molecule has 1 N–H and O–H groups in total. The van der Waals surface area contributed by atoms with Gasteiger partial charge in [0.05, 0.1) is 24.5 Å². The number of amides is 1. The Labute approximate surface area is 146 Å². The molecule has 0 bridgehead atoms. The first-order chi connectivity index (χ1) is 12.0. The summed E-state index contributed by atoms with van der Waals surface area (Å²) in [5.41, 5.74) is 3.05. The molecule has 1 amide bonds. The van der Waals surface area contributed by atoms with E-state index in [1.165, 1.54) is 10.7 Å². The number of nitrogens with one attached hydrogen (secondary N) is 1. The molecule has 0 atom stereocenters. The fourth-order valence-corrected chi connectivity index (χ4v) is 2.88. The molecule has 130 valence electrons. The number of ether oxygens (including phenoxy) is 1. The fourth-order valence-electron chi connectivity index (χ4n) is 2.88.